The molecule has 2 heterocycles. The summed E-state index contributed by atoms with van der Waals surface area (Å²) in [6, 6.07) is 8.76. The highest BCUT2D eigenvalue weighted by atomic mass is 19.4. The highest BCUT2D eigenvalue weighted by Gasteiger charge is 2.32. The van der Waals surface area contributed by atoms with E-state index in [2.05, 4.69) is 9.72 Å². The first-order chi connectivity index (χ1) is 19.3. The molecule has 2 aromatic heterocycles. The number of alkyl halides is 6. The van der Waals surface area contributed by atoms with Crippen LogP contribution in [0.1, 0.15) is 18.4 Å². The van der Waals surface area contributed by atoms with Crippen LogP contribution in [0.3, 0.4) is 0 Å². The Morgan fingerprint density at radius 2 is 1.56 bits per heavy atom. The number of aliphatic hydroxyl groups excluding tert-OH is 1. The summed E-state index contributed by atoms with van der Waals surface area (Å²) in [5.74, 6) is -1.47. The molecule has 9 nitrogen and oxygen atoms in total. The lowest BCUT2D eigenvalue weighted by atomic mass is 10.2. The van der Waals surface area contributed by atoms with Crippen LogP contribution in [-0.4, -0.2) is 42.9 Å². The fourth-order valence-electron chi connectivity index (χ4n) is 3.97. The highest BCUT2D eigenvalue weighted by Crippen LogP contribution is 2.30. The van der Waals surface area contributed by atoms with Gasteiger partial charge in [0.15, 0.2) is 11.2 Å². The number of benzene rings is 2. The Balaban J connectivity index is 1.93. The first-order valence-electron chi connectivity index (χ1n) is 12.0. The molecule has 0 radical (unpaired) electrons. The maximum Gasteiger partial charge on any atom is 0.573 e. The van der Waals surface area contributed by atoms with E-state index in [9.17, 15) is 45.4 Å². The first-order valence-corrected chi connectivity index (χ1v) is 12.0. The minimum atomic E-state index is -5.01. The number of ether oxygens (including phenoxy) is 2. The van der Waals surface area contributed by atoms with Gasteiger partial charge in [-0.3, -0.25) is 18.5 Å². The van der Waals surface area contributed by atoms with E-state index in [1.807, 2.05) is 0 Å². The van der Waals surface area contributed by atoms with Gasteiger partial charge in [0.05, 0.1) is 13.0 Å². The van der Waals surface area contributed by atoms with Crippen molar-refractivity contribution in [2.75, 3.05) is 6.61 Å². The van der Waals surface area contributed by atoms with Crippen LogP contribution in [0, 0.1) is 5.82 Å². The molecule has 0 fully saturated rings. The van der Waals surface area contributed by atoms with Gasteiger partial charge in [0, 0.05) is 25.8 Å². The number of rotatable bonds is 10. The van der Waals surface area contributed by atoms with Crippen LogP contribution in [0.5, 0.6) is 17.5 Å². The van der Waals surface area contributed by atoms with Crippen LogP contribution >= 0.6 is 0 Å². The lowest BCUT2D eigenvalue weighted by Gasteiger charge is -2.14. The maximum absolute atomic E-state index is 13.5. The number of nitrogens with zero attached hydrogens (tertiary/aromatic N) is 4. The number of fused-ring (bicyclic) bond motifs is 1. The van der Waals surface area contributed by atoms with Crippen molar-refractivity contribution in [3.63, 3.8) is 0 Å². The van der Waals surface area contributed by atoms with Gasteiger partial charge in [0.2, 0.25) is 0 Å². The minimum absolute atomic E-state index is 0.0681. The number of aryl methyl sites for hydroxylation is 1. The lowest BCUT2D eigenvalue weighted by molar-refractivity contribution is -0.274. The predicted molar refractivity (Wildman–Crippen MR) is 129 cm³/mol. The zero-order valence-corrected chi connectivity index (χ0v) is 20.9. The second kappa shape index (κ2) is 11.6. The van der Waals surface area contributed by atoms with Gasteiger partial charge in [-0.05, 0) is 36.2 Å². The number of hydrogen-bond donors (Lipinski definition) is 1. The number of hydrogen-bond acceptors (Lipinski definition) is 6. The van der Waals surface area contributed by atoms with Gasteiger partial charge in [-0.15, -0.1) is 13.2 Å². The standard InChI is InChI=1S/C25H21F7N4O5/c26-16-7-5-15(6-8-16)14-36-19-20(33-22(36)40-17-3-1-4-18(13-17)41-25(30,31)32)34(11-9-24(27,28)29)23(39)35(21(19)38)10-2-12-37/h1,3-8,13,37H,2,9-12,14H2. The second-order valence-corrected chi connectivity index (χ2v) is 8.74. The molecule has 2 aromatic carbocycles. The Morgan fingerprint density at radius 1 is 0.878 bits per heavy atom. The van der Waals surface area contributed by atoms with Crippen LogP contribution < -0.4 is 20.7 Å². The zero-order chi connectivity index (χ0) is 29.9. The summed E-state index contributed by atoms with van der Waals surface area (Å²) in [7, 11) is 0. The molecule has 0 saturated heterocycles. The van der Waals surface area contributed by atoms with Crippen LogP contribution in [0.4, 0.5) is 30.7 Å². The molecule has 41 heavy (non-hydrogen) atoms. The van der Waals surface area contributed by atoms with Crippen molar-refractivity contribution in [3.8, 4) is 17.5 Å². The number of aromatic nitrogens is 4. The summed E-state index contributed by atoms with van der Waals surface area (Å²) in [6.07, 6.45) is -11.2. The average Bonchev–Trinajstić information content (AvgIpc) is 3.21. The smallest absolute Gasteiger partial charge is 0.425 e. The molecular formula is C25H21F7N4O5. The van der Waals surface area contributed by atoms with E-state index < -0.39 is 66.6 Å². The van der Waals surface area contributed by atoms with Crippen molar-refractivity contribution in [2.45, 2.75) is 45.0 Å². The molecule has 16 heteroatoms. The highest BCUT2D eigenvalue weighted by molar-refractivity contribution is 5.72. The summed E-state index contributed by atoms with van der Waals surface area (Å²) in [5, 5.41) is 9.21. The summed E-state index contributed by atoms with van der Waals surface area (Å²) >= 11 is 0. The van der Waals surface area contributed by atoms with E-state index in [1.54, 1.807) is 0 Å². The van der Waals surface area contributed by atoms with Crippen LogP contribution in [0.25, 0.3) is 11.2 Å². The Morgan fingerprint density at radius 3 is 2.20 bits per heavy atom. The lowest BCUT2D eigenvalue weighted by Crippen LogP contribution is -2.41. The molecule has 0 unspecified atom stereocenters. The molecule has 0 bridgehead atoms. The van der Waals surface area contributed by atoms with Gasteiger partial charge in [0.1, 0.15) is 17.3 Å². The molecule has 0 aliphatic heterocycles. The predicted octanol–water partition coefficient (Wildman–Crippen LogP) is 4.57. The van der Waals surface area contributed by atoms with E-state index in [4.69, 9.17) is 4.74 Å². The number of aliphatic hydroxyl groups is 1. The summed E-state index contributed by atoms with van der Waals surface area (Å²) in [4.78, 5) is 30.7. The van der Waals surface area contributed by atoms with Crippen LogP contribution in [0.15, 0.2) is 58.1 Å². The summed E-state index contributed by atoms with van der Waals surface area (Å²) < 4.78 is 103. The van der Waals surface area contributed by atoms with Crippen molar-refractivity contribution < 1.29 is 45.3 Å². The molecule has 0 spiro atoms. The third-order valence-corrected chi connectivity index (χ3v) is 5.74. The quantitative estimate of drug-likeness (QED) is 0.272. The van der Waals surface area contributed by atoms with Gasteiger partial charge in [-0.1, -0.05) is 18.2 Å². The van der Waals surface area contributed by atoms with Crippen molar-refractivity contribution in [1.82, 2.24) is 18.7 Å². The third-order valence-electron chi connectivity index (χ3n) is 5.74. The molecule has 220 valence electrons. The van der Waals surface area contributed by atoms with E-state index in [-0.39, 0.29) is 30.8 Å². The van der Waals surface area contributed by atoms with Crippen molar-refractivity contribution >= 4 is 11.2 Å². The molecule has 0 aliphatic carbocycles. The second-order valence-electron chi connectivity index (χ2n) is 8.74. The fourth-order valence-corrected chi connectivity index (χ4v) is 3.97. The number of imidazole rings is 1. The average molecular weight is 590 g/mol. The van der Waals surface area contributed by atoms with E-state index in [0.717, 1.165) is 28.8 Å². The van der Waals surface area contributed by atoms with Crippen molar-refractivity contribution in [1.29, 1.82) is 0 Å². The minimum Gasteiger partial charge on any atom is -0.425 e. The SMILES string of the molecule is O=c1c2c(nc(Oc3cccc(OC(F)(F)F)c3)n2Cc2ccc(F)cc2)n(CCC(F)(F)F)c(=O)n1CCCO. The Bertz CT molecular complexity index is 1640. The molecule has 0 amide bonds. The molecule has 1 N–H and O–H groups in total. The molecule has 0 atom stereocenters. The molecule has 0 aliphatic rings. The zero-order valence-electron chi connectivity index (χ0n) is 20.9. The Hall–Kier alpha value is -4.34. The molecular weight excluding hydrogens is 569 g/mol. The van der Waals surface area contributed by atoms with Gasteiger partial charge < -0.3 is 14.6 Å². The summed E-state index contributed by atoms with van der Waals surface area (Å²) in [6.45, 7) is -1.92. The third kappa shape index (κ3) is 7.25. The van der Waals surface area contributed by atoms with Gasteiger partial charge in [-0.2, -0.15) is 18.2 Å². The normalized spacial score (nSPS) is 12.2. The Labute approximate surface area is 225 Å². The summed E-state index contributed by atoms with van der Waals surface area (Å²) in [5.41, 5.74) is -2.51. The van der Waals surface area contributed by atoms with E-state index in [0.29, 0.717) is 14.7 Å². The molecule has 4 rings (SSSR count). The van der Waals surface area contributed by atoms with Gasteiger partial charge in [0.25, 0.3) is 5.56 Å². The topological polar surface area (TPSA) is 101 Å². The monoisotopic (exact) mass is 590 g/mol. The molecule has 4 aromatic rings. The Kier molecular flexibility index (Phi) is 8.42. The first kappa shape index (κ1) is 29.6. The van der Waals surface area contributed by atoms with Crippen molar-refractivity contribution in [3.05, 3.63) is 80.7 Å². The largest absolute Gasteiger partial charge is 0.573 e. The van der Waals surface area contributed by atoms with Crippen LogP contribution in [0.2, 0.25) is 0 Å². The maximum atomic E-state index is 13.5. The fraction of sp³-hybridized carbons (Fsp3) is 0.320. The van der Waals surface area contributed by atoms with E-state index >= 15 is 0 Å². The number of halogens is 7. The molecule has 0 saturated carbocycles. The van der Waals surface area contributed by atoms with Crippen molar-refractivity contribution in [2.24, 2.45) is 0 Å². The van der Waals surface area contributed by atoms with E-state index in [1.165, 1.54) is 24.3 Å². The van der Waals surface area contributed by atoms with Gasteiger partial charge in [-0.25, -0.2) is 9.18 Å². The van der Waals surface area contributed by atoms with Gasteiger partial charge >= 0.3 is 24.2 Å². The van der Waals surface area contributed by atoms with Crippen LogP contribution in [-0.2, 0) is 19.6 Å².